The van der Waals surface area contributed by atoms with Gasteiger partial charge in [0, 0.05) is 43.0 Å². The van der Waals surface area contributed by atoms with Crippen molar-refractivity contribution in [2.24, 2.45) is 0 Å². The molecule has 0 spiro atoms. The van der Waals surface area contributed by atoms with Gasteiger partial charge in [-0.2, -0.15) is 0 Å². The average Bonchev–Trinajstić information content (AvgIpc) is 2.88. The van der Waals surface area contributed by atoms with Crippen LogP contribution in [0.15, 0.2) is 60.7 Å². The van der Waals surface area contributed by atoms with Gasteiger partial charge in [-0.25, -0.2) is 0 Å². The average molecular weight is 494 g/mol. The van der Waals surface area contributed by atoms with E-state index in [0.29, 0.717) is 54.0 Å². The van der Waals surface area contributed by atoms with Crippen molar-refractivity contribution in [1.29, 1.82) is 0 Å². The summed E-state index contributed by atoms with van der Waals surface area (Å²) in [5.74, 6) is 0.811. The van der Waals surface area contributed by atoms with Gasteiger partial charge >= 0.3 is 0 Å². The second kappa shape index (κ2) is 10.7. The van der Waals surface area contributed by atoms with Crippen LogP contribution in [0.3, 0.4) is 0 Å². The van der Waals surface area contributed by atoms with E-state index in [1.807, 2.05) is 48.2 Å². The number of benzene rings is 3. The first-order valence-electron chi connectivity index (χ1n) is 11.3. The number of nitrogens with zero attached hydrogens (tertiary/aromatic N) is 2. The predicted molar refractivity (Wildman–Crippen MR) is 138 cm³/mol. The zero-order valence-corrected chi connectivity index (χ0v) is 20.8. The molecule has 0 bridgehead atoms. The highest BCUT2D eigenvalue weighted by Gasteiger charge is 2.24. The van der Waals surface area contributed by atoms with E-state index in [1.165, 1.54) is 7.11 Å². The molecule has 1 aliphatic heterocycles. The lowest BCUT2D eigenvalue weighted by Gasteiger charge is -2.36. The fourth-order valence-corrected chi connectivity index (χ4v) is 4.46. The van der Waals surface area contributed by atoms with Gasteiger partial charge in [0.1, 0.15) is 0 Å². The number of hydrogen-bond acceptors (Lipinski definition) is 5. The monoisotopic (exact) mass is 493 g/mol. The van der Waals surface area contributed by atoms with Gasteiger partial charge < -0.3 is 24.6 Å². The Hall–Kier alpha value is -3.71. The Bertz CT molecular complexity index is 1240. The Morgan fingerprint density at radius 2 is 1.60 bits per heavy atom. The van der Waals surface area contributed by atoms with E-state index in [-0.39, 0.29) is 11.8 Å². The zero-order valence-electron chi connectivity index (χ0n) is 20.0. The second-order valence-corrected chi connectivity index (χ2v) is 8.69. The number of nitrogens with one attached hydrogen (secondary N) is 1. The molecule has 7 nitrogen and oxygen atoms in total. The molecule has 0 aliphatic carbocycles. The molecule has 1 aliphatic rings. The Morgan fingerprint density at radius 3 is 2.26 bits per heavy atom. The maximum Gasteiger partial charge on any atom is 0.255 e. The summed E-state index contributed by atoms with van der Waals surface area (Å²) in [6, 6.07) is 18.1. The third-order valence-corrected chi connectivity index (χ3v) is 6.44. The number of carbonyl (C=O) groups is 2. The summed E-state index contributed by atoms with van der Waals surface area (Å²) in [7, 11) is 3.07. The van der Waals surface area contributed by atoms with Crippen molar-refractivity contribution in [2.75, 3.05) is 50.6 Å². The van der Waals surface area contributed by atoms with Crippen molar-refractivity contribution in [3.8, 4) is 11.5 Å². The van der Waals surface area contributed by atoms with E-state index in [4.69, 9.17) is 21.1 Å². The number of rotatable bonds is 6. The van der Waals surface area contributed by atoms with Crippen molar-refractivity contribution in [1.82, 2.24) is 4.90 Å². The molecule has 0 unspecified atom stereocenters. The number of anilines is 2. The molecule has 1 fully saturated rings. The van der Waals surface area contributed by atoms with E-state index >= 15 is 0 Å². The van der Waals surface area contributed by atoms with Gasteiger partial charge in [0.15, 0.2) is 11.5 Å². The summed E-state index contributed by atoms with van der Waals surface area (Å²) < 4.78 is 10.5. The first-order valence-corrected chi connectivity index (χ1v) is 11.7. The SMILES string of the molecule is COc1ccc(C(=O)Nc2ccc(N3CCN(C(=O)c4ccccc4C)CC3)c(Cl)c2)cc1OC. The molecule has 2 amide bonds. The number of halogens is 1. The molecule has 35 heavy (non-hydrogen) atoms. The van der Waals surface area contributed by atoms with Crippen molar-refractivity contribution in [3.05, 3.63) is 82.4 Å². The van der Waals surface area contributed by atoms with Crippen LogP contribution in [0, 0.1) is 6.92 Å². The van der Waals surface area contributed by atoms with E-state index in [2.05, 4.69) is 10.2 Å². The van der Waals surface area contributed by atoms with E-state index in [1.54, 1.807) is 31.4 Å². The quantitative estimate of drug-likeness (QED) is 0.530. The van der Waals surface area contributed by atoms with E-state index < -0.39 is 0 Å². The van der Waals surface area contributed by atoms with Crippen molar-refractivity contribution in [3.63, 3.8) is 0 Å². The largest absolute Gasteiger partial charge is 0.493 e. The maximum absolute atomic E-state index is 12.9. The van der Waals surface area contributed by atoms with Gasteiger partial charge in [-0.1, -0.05) is 29.8 Å². The minimum absolute atomic E-state index is 0.0575. The zero-order chi connectivity index (χ0) is 24.9. The molecule has 1 N–H and O–H groups in total. The summed E-state index contributed by atoms with van der Waals surface area (Å²) in [5.41, 5.74) is 3.63. The number of piperazine rings is 1. The standard InChI is InChI=1S/C27H28ClN3O4/c1-18-6-4-5-7-21(18)27(33)31-14-12-30(13-15-31)23-10-9-20(17-22(23)28)29-26(32)19-8-11-24(34-2)25(16-19)35-3/h4-11,16-17H,12-15H2,1-3H3,(H,29,32). The fourth-order valence-electron chi connectivity index (χ4n) is 4.16. The van der Waals surface area contributed by atoms with E-state index in [9.17, 15) is 9.59 Å². The van der Waals surface area contributed by atoms with Crippen LogP contribution in [-0.2, 0) is 0 Å². The Morgan fingerprint density at radius 1 is 0.886 bits per heavy atom. The van der Waals surface area contributed by atoms with Crippen LogP contribution >= 0.6 is 11.6 Å². The van der Waals surface area contributed by atoms with Gasteiger partial charge in [0.05, 0.1) is 24.9 Å². The summed E-state index contributed by atoms with van der Waals surface area (Å²) in [6.07, 6.45) is 0. The number of hydrogen-bond donors (Lipinski definition) is 1. The van der Waals surface area contributed by atoms with Crippen LogP contribution in [0.5, 0.6) is 11.5 Å². The van der Waals surface area contributed by atoms with Gasteiger partial charge in [-0.05, 0) is 55.0 Å². The molecule has 8 heteroatoms. The molecular formula is C27H28ClN3O4. The van der Waals surface area contributed by atoms with Crippen molar-refractivity contribution < 1.29 is 19.1 Å². The Kier molecular flexibility index (Phi) is 7.46. The molecule has 182 valence electrons. The highest BCUT2D eigenvalue weighted by molar-refractivity contribution is 6.33. The third kappa shape index (κ3) is 5.35. The number of methoxy groups -OCH3 is 2. The molecular weight excluding hydrogens is 466 g/mol. The van der Waals surface area contributed by atoms with Crippen molar-refractivity contribution in [2.45, 2.75) is 6.92 Å². The lowest BCUT2D eigenvalue weighted by Crippen LogP contribution is -2.49. The number of amides is 2. The minimum atomic E-state index is -0.280. The van der Waals surface area contributed by atoms with Crippen LogP contribution in [0.4, 0.5) is 11.4 Å². The van der Waals surface area contributed by atoms with Gasteiger partial charge in [-0.15, -0.1) is 0 Å². The smallest absolute Gasteiger partial charge is 0.255 e. The lowest BCUT2D eigenvalue weighted by molar-refractivity contribution is 0.0746. The fraction of sp³-hybridized carbons (Fsp3) is 0.259. The molecule has 0 atom stereocenters. The first kappa shape index (κ1) is 24.4. The van der Waals surface area contributed by atoms with Crippen LogP contribution in [0.25, 0.3) is 0 Å². The molecule has 1 heterocycles. The number of aryl methyl sites for hydroxylation is 1. The molecule has 0 radical (unpaired) electrons. The molecule has 3 aromatic carbocycles. The van der Waals surface area contributed by atoms with E-state index in [0.717, 1.165) is 16.8 Å². The Labute approximate surface area is 210 Å². The number of carbonyl (C=O) groups excluding carboxylic acids is 2. The molecule has 0 saturated carbocycles. The summed E-state index contributed by atoms with van der Waals surface area (Å²) in [4.78, 5) is 29.7. The first-order chi connectivity index (χ1) is 16.9. The summed E-state index contributed by atoms with van der Waals surface area (Å²) in [6.45, 7) is 4.53. The topological polar surface area (TPSA) is 71.1 Å². The minimum Gasteiger partial charge on any atom is -0.493 e. The predicted octanol–water partition coefficient (Wildman–Crippen LogP) is 4.88. The highest BCUT2D eigenvalue weighted by Crippen LogP contribution is 2.31. The van der Waals surface area contributed by atoms with Crippen LogP contribution < -0.4 is 19.7 Å². The molecule has 0 aromatic heterocycles. The maximum atomic E-state index is 12.9. The van der Waals surface area contributed by atoms with Gasteiger partial charge in [0.2, 0.25) is 0 Å². The summed E-state index contributed by atoms with van der Waals surface area (Å²) in [5, 5.41) is 3.41. The third-order valence-electron chi connectivity index (χ3n) is 6.13. The van der Waals surface area contributed by atoms with Crippen LogP contribution in [0.2, 0.25) is 5.02 Å². The molecule has 3 aromatic rings. The highest BCUT2D eigenvalue weighted by atomic mass is 35.5. The molecule has 1 saturated heterocycles. The Balaban J connectivity index is 1.39. The number of ether oxygens (including phenoxy) is 2. The van der Waals surface area contributed by atoms with Crippen LogP contribution in [-0.4, -0.2) is 57.1 Å². The second-order valence-electron chi connectivity index (χ2n) is 8.28. The summed E-state index contributed by atoms with van der Waals surface area (Å²) >= 11 is 6.59. The lowest BCUT2D eigenvalue weighted by atomic mass is 10.1. The molecule has 4 rings (SSSR count). The van der Waals surface area contributed by atoms with Crippen LogP contribution in [0.1, 0.15) is 26.3 Å². The van der Waals surface area contributed by atoms with Gasteiger partial charge in [0.25, 0.3) is 11.8 Å². The normalized spacial score (nSPS) is 13.4. The van der Waals surface area contributed by atoms with Crippen molar-refractivity contribution >= 4 is 34.8 Å². The van der Waals surface area contributed by atoms with Gasteiger partial charge in [-0.3, -0.25) is 9.59 Å².